The number of halogens is 1. The SMILES string of the molecule is CN1CCN(c2ccc(-c3ccc(NC(=O)c4cccc(F)c4)cc3)nn2)CC1. The Morgan fingerprint density at radius 3 is 2.38 bits per heavy atom. The van der Waals surface area contributed by atoms with Crippen molar-refractivity contribution in [1.29, 1.82) is 0 Å². The first kappa shape index (κ1) is 19.0. The van der Waals surface area contributed by atoms with Gasteiger partial charge >= 0.3 is 0 Å². The molecule has 0 radical (unpaired) electrons. The number of piperazine rings is 1. The number of anilines is 2. The normalized spacial score (nSPS) is 14.6. The lowest BCUT2D eigenvalue weighted by Crippen LogP contribution is -2.44. The maximum atomic E-state index is 13.3. The third-order valence-electron chi connectivity index (χ3n) is 5.00. The number of carbonyl (C=O) groups is 1. The van der Waals surface area contributed by atoms with Crippen LogP contribution in [0, 0.1) is 5.82 Å². The zero-order chi connectivity index (χ0) is 20.2. The van der Waals surface area contributed by atoms with Gasteiger partial charge in [0.25, 0.3) is 5.91 Å². The number of rotatable bonds is 4. The molecule has 0 atom stereocenters. The first-order chi connectivity index (χ1) is 14.1. The van der Waals surface area contributed by atoms with Gasteiger partial charge in [0.15, 0.2) is 5.82 Å². The van der Waals surface area contributed by atoms with Crippen LogP contribution in [0.4, 0.5) is 15.9 Å². The van der Waals surface area contributed by atoms with Crippen LogP contribution >= 0.6 is 0 Å². The van der Waals surface area contributed by atoms with Gasteiger partial charge < -0.3 is 15.1 Å². The van der Waals surface area contributed by atoms with Crippen molar-refractivity contribution < 1.29 is 9.18 Å². The van der Waals surface area contributed by atoms with Gasteiger partial charge in [0.2, 0.25) is 0 Å². The molecule has 1 N–H and O–H groups in total. The predicted octanol–water partition coefficient (Wildman–Crippen LogP) is 3.29. The van der Waals surface area contributed by atoms with E-state index in [1.165, 1.54) is 18.2 Å². The van der Waals surface area contributed by atoms with Crippen LogP contribution in [0.25, 0.3) is 11.3 Å². The van der Waals surface area contributed by atoms with E-state index in [9.17, 15) is 9.18 Å². The molecule has 7 heteroatoms. The Bertz CT molecular complexity index is 983. The summed E-state index contributed by atoms with van der Waals surface area (Å²) in [4.78, 5) is 16.8. The van der Waals surface area contributed by atoms with Crippen molar-refractivity contribution in [2.45, 2.75) is 0 Å². The molecule has 1 aliphatic rings. The lowest BCUT2D eigenvalue weighted by atomic mass is 10.1. The van der Waals surface area contributed by atoms with Crippen LogP contribution < -0.4 is 10.2 Å². The van der Waals surface area contributed by atoms with Crippen molar-refractivity contribution in [3.63, 3.8) is 0 Å². The van der Waals surface area contributed by atoms with E-state index in [0.717, 1.165) is 43.3 Å². The summed E-state index contributed by atoms with van der Waals surface area (Å²) in [6.45, 7) is 3.94. The first-order valence-electron chi connectivity index (χ1n) is 9.53. The molecular formula is C22H22FN5O. The summed E-state index contributed by atoms with van der Waals surface area (Å²) in [7, 11) is 2.12. The number of carbonyl (C=O) groups excluding carboxylic acids is 1. The van der Waals surface area contributed by atoms with Crippen molar-refractivity contribution in [2.75, 3.05) is 43.4 Å². The van der Waals surface area contributed by atoms with Crippen LogP contribution in [-0.2, 0) is 0 Å². The highest BCUT2D eigenvalue weighted by atomic mass is 19.1. The highest BCUT2D eigenvalue weighted by Crippen LogP contribution is 2.21. The largest absolute Gasteiger partial charge is 0.353 e. The molecule has 0 bridgehead atoms. The molecule has 2 aromatic carbocycles. The number of aromatic nitrogens is 2. The molecule has 3 aromatic rings. The molecule has 1 aromatic heterocycles. The van der Waals surface area contributed by atoms with Gasteiger partial charge in [-0.25, -0.2) is 4.39 Å². The van der Waals surface area contributed by atoms with E-state index in [-0.39, 0.29) is 11.5 Å². The fourth-order valence-electron chi connectivity index (χ4n) is 3.24. The highest BCUT2D eigenvalue weighted by molar-refractivity contribution is 6.04. The van der Waals surface area contributed by atoms with Crippen LogP contribution in [0.15, 0.2) is 60.7 Å². The number of likely N-dealkylation sites (N-methyl/N-ethyl adjacent to an activating group) is 1. The van der Waals surface area contributed by atoms with Gasteiger partial charge in [-0.2, -0.15) is 0 Å². The molecule has 1 amide bonds. The molecule has 1 aliphatic heterocycles. The quantitative estimate of drug-likeness (QED) is 0.740. The molecule has 1 fully saturated rings. The molecule has 6 nitrogen and oxygen atoms in total. The Kier molecular flexibility index (Phi) is 5.48. The van der Waals surface area contributed by atoms with Gasteiger partial charge in [-0.15, -0.1) is 10.2 Å². The van der Waals surface area contributed by atoms with Crippen molar-refractivity contribution >= 4 is 17.4 Å². The number of hydrogen-bond acceptors (Lipinski definition) is 5. The minimum atomic E-state index is -0.438. The molecule has 0 unspecified atom stereocenters. The van der Waals surface area contributed by atoms with Gasteiger partial charge in [-0.1, -0.05) is 18.2 Å². The predicted molar refractivity (Wildman–Crippen MR) is 112 cm³/mol. The van der Waals surface area contributed by atoms with Crippen LogP contribution in [0.2, 0.25) is 0 Å². The van der Waals surface area contributed by atoms with Crippen molar-refractivity contribution in [3.8, 4) is 11.3 Å². The second-order valence-corrected chi connectivity index (χ2v) is 7.11. The lowest BCUT2D eigenvalue weighted by molar-refractivity contribution is 0.102. The molecule has 0 aliphatic carbocycles. The summed E-state index contributed by atoms with van der Waals surface area (Å²) in [6.07, 6.45) is 0. The topological polar surface area (TPSA) is 61.4 Å². The third-order valence-corrected chi connectivity index (χ3v) is 5.00. The van der Waals surface area contributed by atoms with Crippen molar-refractivity contribution in [1.82, 2.24) is 15.1 Å². The average Bonchev–Trinajstić information content (AvgIpc) is 2.75. The summed E-state index contributed by atoms with van der Waals surface area (Å²) < 4.78 is 13.3. The van der Waals surface area contributed by atoms with Crippen LogP contribution in [-0.4, -0.2) is 54.2 Å². The maximum Gasteiger partial charge on any atom is 0.255 e. The maximum absolute atomic E-state index is 13.3. The summed E-state index contributed by atoms with van der Waals surface area (Å²) in [5, 5.41) is 11.5. The van der Waals surface area contributed by atoms with E-state index in [1.54, 1.807) is 18.2 Å². The second kappa shape index (κ2) is 8.36. The van der Waals surface area contributed by atoms with Gasteiger partial charge in [-0.05, 0) is 49.5 Å². The zero-order valence-corrected chi connectivity index (χ0v) is 16.2. The van der Waals surface area contributed by atoms with Gasteiger partial charge in [0.05, 0.1) is 5.69 Å². The summed E-state index contributed by atoms with van der Waals surface area (Å²) in [5.74, 6) is 0.0981. The molecular weight excluding hydrogens is 369 g/mol. The number of hydrogen-bond donors (Lipinski definition) is 1. The minimum Gasteiger partial charge on any atom is -0.353 e. The highest BCUT2D eigenvalue weighted by Gasteiger charge is 2.15. The van der Waals surface area contributed by atoms with Gasteiger partial charge in [-0.3, -0.25) is 4.79 Å². The Morgan fingerprint density at radius 2 is 1.72 bits per heavy atom. The second-order valence-electron chi connectivity index (χ2n) is 7.11. The van der Waals surface area contributed by atoms with E-state index in [4.69, 9.17) is 0 Å². The number of amides is 1. The molecule has 2 heterocycles. The third kappa shape index (κ3) is 4.57. The molecule has 4 rings (SSSR count). The summed E-state index contributed by atoms with van der Waals surface area (Å²) in [5.41, 5.74) is 2.58. The molecule has 148 valence electrons. The Balaban J connectivity index is 1.42. The van der Waals surface area contributed by atoms with Crippen molar-refractivity contribution in [2.24, 2.45) is 0 Å². The Hall–Kier alpha value is -3.32. The standard InChI is InChI=1S/C22H22FN5O/c1-27-11-13-28(14-12-27)21-10-9-20(25-26-21)16-5-7-19(8-6-16)24-22(29)17-3-2-4-18(23)15-17/h2-10,15H,11-14H2,1H3,(H,24,29). The van der Waals surface area contributed by atoms with Crippen LogP contribution in [0.3, 0.4) is 0 Å². The fraction of sp³-hybridized carbons (Fsp3) is 0.227. The lowest BCUT2D eigenvalue weighted by Gasteiger charge is -2.32. The van der Waals surface area contributed by atoms with Crippen molar-refractivity contribution in [3.05, 3.63) is 72.0 Å². The van der Waals surface area contributed by atoms with Crippen LogP contribution in [0.1, 0.15) is 10.4 Å². The van der Waals surface area contributed by atoms with Gasteiger partial charge in [0, 0.05) is 43.0 Å². The van der Waals surface area contributed by atoms with E-state index >= 15 is 0 Å². The van der Waals surface area contributed by atoms with E-state index in [2.05, 4.69) is 32.4 Å². The zero-order valence-electron chi connectivity index (χ0n) is 16.2. The van der Waals surface area contributed by atoms with E-state index in [1.807, 2.05) is 24.3 Å². The monoisotopic (exact) mass is 391 g/mol. The van der Waals surface area contributed by atoms with Gasteiger partial charge in [0.1, 0.15) is 5.82 Å². The first-order valence-corrected chi connectivity index (χ1v) is 9.53. The fourth-order valence-corrected chi connectivity index (χ4v) is 3.24. The van der Waals surface area contributed by atoms with E-state index < -0.39 is 5.82 Å². The molecule has 29 heavy (non-hydrogen) atoms. The number of benzene rings is 2. The molecule has 0 saturated carbocycles. The molecule has 1 saturated heterocycles. The Labute approximate surface area is 169 Å². The minimum absolute atomic E-state index is 0.277. The van der Waals surface area contributed by atoms with Crippen LogP contribution in [0.5, 0.6) is 0 Å². The summed E-state index contributed by atoms with van der Waals surface area (Å²) in [6, 6.07) is 16.9. The van der Waals surface area contributed by atoms with E-state index in [0.29, 0.717) is 5.69 Å². The average molecular weight is 391 g/mol. The molecule has 0 spiro atoms. The Morgan fingerprint density at radius 1 is 0.966 bits per heavy atom. The summed E-state index contributed by atoms with van der Waals surface area (Å²) >= 11 is 0. The number of nitrogens with one attached hydrogen (secondary N) is 1. The number of nitrogens with zero attached hydrogens (tertiary/aromatic N) is 4. The smallest absolute Gasteiger partial charge is 0.255 e.